The van der Waals surface area contributed by atoms with Gasteiger partial charge >= 0.3 is 0 Å². The summed E-state index contributed by atoms with van der Waals surface area (Å²) in [5.74, 6) is 1.22. The van der Waals surface area contributed by atoms with Gasteiger partial charge in [-0.25, -0.2) is 18.4 Å². The van der Waals surface area contributed by atoms with Gasteiger partial charge in [0.05, 0.1) is 18.1 Å². The summed E-state index contributed by atoms with van der Waals surface area (Å²) in [5, 5.41) is 0. The number of anilines is 1. The van der Waals surface area contributed by atoms with Gasteiger partial charge in [-0.05, 0) is 32.4 Å². The van der Waals surface area contributed by atoms with Crippen LogP contribution >= 0.6 is 0 Å². The van der Waals surface area contributed by atoms with Crippen molar-refractivity contribution in [3.05, 3.63) is 41.5 Å². The van der Waals surface area contributed by atoms with Crippen LogP contribution in [0.4, 0.5) is 5.95 Å². The van der Waals surface area contributed by atoms with Crippen LogP contribution in [-0.2, 0) is 9.84 Å². The largest absolute Gasteiger partial charge is 0.344 e. The maximum absolute atomic E-state index is 13.0. The highest BCUT2D eigenvalue weighted by molar-refractivity contribution is 7.91. The first kappa shape index (κ1) is 20.0. The zero-order valence-corrected chi connectivity index (χ0v) is 17.7. The third-order valence-electron chi connectivity index (χ3n) is 5.93. The Balaban J connectivity index is 1.40. The maximum Gasteiger partial charge on any atom is 0.225 e. The van der Waals surface area contributed by atoms with Crippen molar-refractivity contribution in [2.45, 2.75) is 26.3 Å². The predicted molar refractivity (Wildman–Crippen MR) is 111 cm³/mol. The number of aromatic nitrogens is 3. The standard InChI is InChI=1S/C20H27N5O3S/c1-15-12-18(16(2)25(15)17-4-11-29(27,28)14-17)19(26)13-23-7-9-24(10-8-23)20-21-5-3-6-22-20/h3,5-6,12,17H,4,7-11,13-14H2,1-2H3. The molecule has 9 heteroatoms. The Kier molecular flexibility index (Phi) is 5.44. The van der Waals surface area contributed by atoms with Crippen molar-refractivity contribution in [1.29, 1.82) is 0 Å². The summed E-state index contributed by atoms with van der Waals surface area (Å²) < 4.78 is 25.8. The van der Waals surface area contributed by atoms with E-state index in [9.17, 15) is 13.2 Å². The SMILES string of the molecule is Cc1cc(C(=O)CN2CCN(c3ncccn3)CC2)c(C)n1C1CCS(=O)(=O)C1. The average molecular weight is 418 g/mol. The van der Waals surface area contributed by atoms with E-state index in [1.807, 2.05) is 24.5 Å². The number of hydrogen-bond donors (Lipinski definition) is 0. The first-order chi connectivity index (χ1) is 13.8. The highest BCUT2D eigenvalue weighted by Crippen LogP contribution is 2.29. The molecule has 0 amide bonds. The fourth-order valence-corrected chi connectivity index (χ4v) is 6.15. The second-order valence-electron chi connectivity index (χ2n) is 7.95. The molecule has 2 saturated heterocycles. The summed E-state index contributed by atoms with van der Waals surface area (Å²) >= 11 is 0. The number of Topliss-reactive ketones (excluding diaryl/α,β-unsaturated/α-hetero) is 1. The van der Waals surface area contributed by atoms with Crippen LogP contribution in [-0.4, -0.2) is 77.9 Å². The molecule has 4 rings (SSSR count). The Morgan fingerprint density at radius 1 is 1.14 bits per heavy atom. The molecule has 2 fully saturated rings. The van der Waals surface area contributed by atoms with E-state index in [1.165, 1.54) is 0 Å². The molecule has 2 aliphatic rings. The van der Waals surface area contributed by atoms with E-state index < -0.39 is 9.84 Å². The molecule has 8 nitrogen and oxygen atoms in total. The van der Waals surface area contributed by atoms with E-state index in [0.717, 1.165) is 43.5 Å². The lowest BCUT2D eigenvalue weighted by Gasteiger charge is -2.34. The van der Waals surface area contributed by atoms with Crippen molar-refractivity contribution >= 4 is 21.6 Å². The zero-order valence-electron chi connectivity index (χ0n) is 16.9. The van der Waals surface area contributed by atoms with Crippen LogP contribution in [0.2, 0.25) is 0 Å². The Morgan fingerprint density at radius 2 is 1.83 bits per heavy atom. The second-order valence-corrected chi connectivity index (χ2v) is 10.2. The molecule has 0 aromatic carbocycles. The molecule has 156 valence electrons. The van der Waals surface area contributed by atoms with Gasteiger partial charge in [-0.3, -0.25) is 9.69 Å². The van der Waals surface area contributed by atoms with Crippen molar-refractivity contribution in [1.82, 2.24) is 19.4 Å². The summed E-state index contributed by atoms with van der Waals surface area (Å²) in [6.07, 6.45) is 4.10. The van der Waals surface area contributed by atoms with Crippen LogP contribution in [0.1, 0.15) is 34.2 Å². The van der Waals surface area contributed by atoms with Gasteiger partial charge in [0.2, 0.25) is 5.95 Å². The Hall–Kier alpha value is -2.26. The van der Waals surface area contributed by atoms with Gasteiger partial charge < -0.3 is 9.47 Å². The van der Waals surface area contributed by atoms with Crippen molar-refractivity contribution in [3.63, 3.8) is 0 Å². The van der Waals surface area contributed by atoms with Crippen molar-refractivity contribution in [2.24, 2.45) is 0 Å². The minimum Gasteiger partial charge on any atom is -0.344 e. The highest BCUT2D eigenvalue weighted by atomic mass is 32.2. The van der Waals surface area contributed by atoms with Gasteiger partial charge in [-0.15, -0.1) is 0 Å². The Morgan fingerprint density at radius 3 is 2.45 bits per heavy atom. The number of sulfone groups is 1. The summed E-state index contributed by atoms with van der Waals surface area (Å²) in [7, 11) is -2.97. The molecule has 2 aromatic rings. The molecule has 1 unspecified atom stereocenters. The minimum atomic E-state index is -2.97. The summed E-state index contributed by atoms with van der Waals surface area (Å²) in [6.45, 7) is 7.39. The second kappa shape index (κ2) is 7.87. The fraction of sp³-hybridized carbons (Fsp3) is 0.550. The third-order valence-corrected chi connectivity index (χ3v) is 7.68. The normalized spacial score (nSPS) is 22.1. The van der Waals surface area contributed by atoms with Gasteiger partial charge in [0.15, 0.2) is 15.6 Å². The monoisotopic (exact) mass is 417 g/mol. The van der Waals surface area contributed by atoms with Crippen LogP contribution in [0.25, 0.3) is 0 Å². The molecule has 0 spiro atoms. The number of nitrogens with zero attached hydrogens (tertiary/aromatic N) is 5. The Labute approximate surface area is 171 Å². The summed E-state index contributed by atoms with van der Waals surface area (Å²) in [4.78, 5) is 25.9. The number of hydrogen-bond acceptors (Lipinski definition) is 7. The number of piperazine rings is 1. The first-order valence-corrected chi connectivity index (χ1v) is 11.8. The summed E-state index contributed by atoms with van der Waals surface area (Å²) in [6, 6.07) is 3.66. The number of carbonyl (C=O) groups is 1. The first-order valence-electron chi connectivity index (χ1n) is 10.0. The smallest absolute Gasteiger partial charge is 0.225 e. The molecular formula is C20H27N5O3S. The molecular weight excluding hydrogens is 390 g/mol. The molecule has 29 heavy (non-hydrogen) atoms. The summed E-state index contributed by atoms with van der Waals surface area (Å²) in [5.41, 5.74) is 2.55. The van der Waals surface area contributed by atoms with Crippen LogP contribution in [0.3, 0.4) is 0 Å². The number of ketones is 1. The lowest BCUT2D eigenvalue weighted by molar-refractivity contribution is 0.0925. The van der Waals surface area contributed by atoms with Crippen molar-refractivity contribution in [2.75, 3.05) is 49.1 Å². The molecule has 0 N–H and O–H groups in total. The van der Waals surface area contributed by atoms with Crippen LogP contribution in [0.15, 0.2) is 24.5 Å². The van der Waals surface area contributed by atoms with Crippen molar-refractivity contribution < 1.29 is 13.2 Å². The predicted octanol–water partition coefficient (Wildman–Crippen LogP) is 1.26. The topological polar surface area (TPSA) is 88.4 Å². The lowest BCUT2D eigenvalue weighted by Crippen LogP contribution is -2.48. The van der Waals surface area contributed by atoms with E-state index in [4.69, 9.17) is 0 Å². The average Bonchev–Trinajstić information content (AvgIpc) is 3.21. The molecule has 2 aliphatic heterocycles. The maximum atomic E-state index is 13.0. The highest BCUT2D eigenvalue weighted by Gasteiger charge is 2.32. The number of aryl methyl sites for hydroxylation is 1. The van der Waals surface area contributed by atoms with Gasteiger partial charge in [0, 0.05) is 61.6 Å². The molecule has 1 atom stereocenters. The van der Waals surface area contributed by atoms with E-state index in [-0.39, 0.29) is 23.3 Å². The van der Waals surface area contributed by atoms with Crippen LogP contribution in [0, 0.1) is 13.8 Å². The molecule has 2 aromatic heterocycles. The molecule has 0 bridgehead atoms. The van der Waals surface area contributed by atoms with Crippen LogP contribution in [0.5, 0.6) is 0 Å². The molecule has 0 saturated carbocycles. The zero-order chi connectivity index (χ0) is 20.6. The number of rotatable bonds is 5. The van der Waals surface area contributed by atoms with E-state index >= 15 is 0 Å². The van der Waals surface area contributed by atoms with E-state index in [1.54, 1.807) is 18.5 Å². The van der Waals surface area contributed by atoms with Gasteiger partial charge in [0.1, 0.15) is 0 Å². The molecule has 4 heterocycles. The minimum absolute atomic E-state index is 0.0593. The van der Waals surface area contributed by atoms with Gasteiger partial charge in [-0.2, -0.15) is 0 Å². The van der Waals surface area contributed by atoms with Crippen LogP contribution < -0.4 is 4.90 Å². The van der Waals surface area contributed by atoms with E-state index in [2.05, 4.69) is 19.8 Å². The molecule has 0 aliphatic carbocycles. The van der Waals surface area contributed by atoms with E-state index in [0.29, 0.717) is 18.5 Å². The fourth-order valence-electron chi connectivity index (χ4n) is 4.45. The van der Waals surface area contributed by atoms with Gasteiger partial charge in [0.25, 0.3) is 0 Å². The lowest BCUT2D eigenvalue weighted by atomic mass is 10.1. The van der Waals surface area contributed by atoms with Gasteiger partial charge in [-0.1, -0.05) is 0 Å². The molecule has 0 radical (unpaired) electrons. The third kappa shape index (κ3) is 4.20. The van der Waals surface area contributed by atoms with Crippen molar-refractivity contribution in [3.8, 4) is 0 Å². The number of carbonyl (C=O) groups excluding carboxylic acids is 1. The quantitative estimate of drug-likeness (QED) is 0.677. The Bertz CT molecular complexity index is 995.